The second-order valence-electron chi connectivity index (χ2n) is 7.36. The van der Waals surface area contributed by atoms with Gasteiger partial charge in [-0.1, -0.05) is 11.6 Å². The zero-order valence-electron chi connectivity index (χ0n) is 17.8. The Balaban J connectivity index is 1.61. The molecule has 0 saturated heterocycles. The van der Waals surface area contributed by atoms with Gasteiger partial charge in [0.05, 0.1) is 16.3 Å². The highest BCUT2D eigenvalue weighted by Crippen LogP contribution is 2.37. The smallest absolute Gasteiger partial charge is 0.343 e. The van der Waals surface area contributed by atoms with E-state index in [0.29, 0.717) is 26.9 Å². The number of aromatic nitrogens is 1. The first-order valence-corrected chi connectivity index (χ1v) is 11.0. The van der Waals surface area contributed by atoms with Crippen molar-refractivity contribution < 1.29 is 23.1 Å². The third-order valence-electron chi connectivity index (χ3n) is 5.17. The summed E-state index contributed by atoms with van der Waals surface area (Å²) in [6.45, 7) is 5.11. The van der Waals surface area contributed by atoms with Crippen molar-refractivity contribution in [2.24, 2.45) is 0 Å². The van der Waals surface area contributed by atoms with Crippen LogP contribution in [0.5, 0.6) is 5.75 Å². The Morgan fingerprint density at radius 1 is 1.00 bits per heavy atom. The number of thiophene rings is 1. The number of ether oxygens (including phenoxy) is 1. The van der Waals surface area contributed by atoms with Gasteiger partial charge in [0, 0.05) is 15.6 Å². The molecule has 9 heteroatoms. The number of nitrogens with one attached hydrogen (secondary N) is 1. The highest BCUT2D eigenvalue weighted by Gasteiger charge is 2.22. The lowest BCUT2D eigenvalue weighted by Crippen LogP contribution is -2.16. The number of nitrogens with zero attached hydrogens (tertiary/aromatic N) is 1. The normalized spacial score (nSPS) is 11.0. The maximum absolute atomic E-state index is 13.5. The molecule has 4 rings (SSSR count). The predicted molar refractivity (Wildman–Crippen MR) is 125 cm³/mol. The Labute approximate surface area is 197 Å². The molecular formula is C24H17ClF2N2O3S. The van der Waals surface area contributed by atoms with Gasteiger partial charge in [-0.05, 0) is 68.8 Å². The van der Waals surface area contributed by atoms with E-state index in [-0.39, 0.29) is 27.0 Å². The van der Waals surface area contributed by atoms with E-state index in [9.17, 15) is 18.4 Å². The minimum atomic E-state index is -0.650. The molecule has 0 saturated carbocycles. The molecule has 0 unspecified atom stereocenters. The van der Waals surface area contributed by atoms with Crippen molar-refractivity contribution >= 4 is 50.7 Å². The van der Waals surface area contributed by atoms with E-state index < -0.39 is 23.5 Å². The summed E-state index contributed by atoms with van der Waals surface area (Å²) in [5, 5.41) is 3.57. The molecule has 168 valence electrons. The lowest BCUT2D eigenvalue weighted by Gasteiger charge is -2.16. The number of hydrogen-bond donors (Lipinski definition) is 1. The van der Waals surface area contributed by atoms with Crippen LogP contribution in [0.4, 0.5) is 14.6 Å². The summed E-state index contributed by atoms with van der Waals surface area (Å²) in [7, 11) is 0. The molecule has 0 fully saturated rings. The minimum Gasteiger partial charge on any atom is -0.421 e. The number of rotatable bonds is 4. The first kappa shape index (κ1) is 22.8. The zero-order valence-corrected chi connectivity index (χ0v) is 19.3. The fourth-order valence-corrected chi connectivity index (χ4v) is 4.72. The van der Waals surface area contributed by atoms with Crippen LogP contribution in [0.25, 0.3) is 10.1 Å². The first-order chi connectivity index (χ1) is 15.7. The summed E-state index contributed by atoms with van der Waals surface area (Å²) < 4.78 is 32.7. The standard InChI is InChI=1S/C24H17ClF2N2O3S/c1-11-12(2)22(28-13(3)20(11)32-24(31)14-4-6-15(26)7-5-14)29-23(30)21-19(25)17-9-8-16(27)10-18(17)33-21/h4-10H,1-3H3,(H,28,29,30). The van der Waals surface area contributed by atoms with Gasteiger partial charge in [0.15, 0.2) is 5.75 Å². The summed E-state index contributed by atoms with van der Waals surface area (Å²) in [5.74, 6) is -1.45. The Kier molecular flexibility index (Phi) is 6.14. The van der Waals surface area contributed by atoms with Gasteiger partial charge in [-0.15, -0.1) is 11.3 Å². The van der Waals surface area contributed by atoms with Crippen LogP contribution in [0.2, 0.25) is 5.02 Å². The van der Waals surface area contributed by atoms with Gasteiger partial charge in [0.1, 0.15) is 22.3 Å². The number of esters is 1. The van der Waals surface area contributed by atoms with E-state index in [1.807, 2.05) is 0 Å². The van der Waals surface area contributed by atoms with E-state index in [0.717, 1.165) is 11.3 Å². The molecule has 1 amide bonds. The summed E-state index contributed by atoms with van der Waals surface area (Å²) >= 11 is 7.43. The lowest BCUT2D eigenvalue weighted by molar-refractivity contribution is 0.0731. The van der Waals surface area contributed by atoms with Gasteiger partial charge in [0.2, 0.25) is 0 Å². The third kappa shape index (κ3) is 4.44. The topological polar surface area (TPSA) is 68.3 Å². The number of benzene rings is 2. The second kappa shape index (κ2) is 8.88. The van der Waals surface area contributed by atoms with Crippen LogP contribution in [0.3, 0.4) is 0 Å². The molecule has 1 N–H and O–H groups in total. The lowest BCUT2D eigenvalue weighted by atomic mass is 10.1. The van der Waals surface area contributed by atoms with E-state index in [1.54, 1.807) is 20.8 Å². The Bertz CT molecular complexity index is 1420. The molecule has 33 heavy (non-hydrogen) atoms. The summed E-state index contributed by atoms with van der Waals surface area (Å²) in [5.41, 5.74) is 1.78. The minimum absolute atomic E-state index is 0.195. The molecule has 0 aliphatic rings. The van der Waals surface area contributed by atoms with Crippen LogP contribution in [-0.4, -0.2) is 16.9 Å². The number of hydrogen-bond acceptors (Lipinski definition) is 5. The number of aryl methyl sites for hydroxylation is 1. The van der Waals surface area contributed by atoms with Crippen molar-refractivity contribution in [3.63, 3.8) is 0 Å². The maximum Gasteiger partial charge on any atom is 0.343 e. The Hall–Kier alpha value is -3.36. The van der Waals surface area contributed by atoms with Crippen LogP contribution >= 0.6 is 22.9 Å². The molecule has 2 heterocycles. The number of carbonyl (C=O) groups is 2. The van der Waals surface area contributed by atoms with Gasteiger partial charge in [-0.2, -0.15) is 0 Å². The zero-order chi connectivity index (χ0) is 23.9. The Morgan fingerprint density at radius 2 is 1.67 bits per heavy atom. The van der Waals surface area contributed by atoms with Gasteiger partial charge in [-0.3, -0.25) is 4.79 Å². The van der Waals surface area contributed by atoms with Crippen LogP contribution in [0.1, 0.15) is 36.9 Å². The average Bonchev–Trinajstić information content (AvgIpc) is 3.10. The molecule has 4 aromatic rings. The number of carbonyl (C=O) groups excluding carboxylic acids is 2. The number of amides is 1. The van der Waals surface area contributed by atoms with Gasteiger partial charge < -0.3 is 10.1 Å². The van der Waals surface area contributed by atoms with E-state index in [1.165, 1.54) is 42.5 Å². The van der Waals surface area contributed by atoms with Crippen molar-refractivity contribution in [1.29, 1.82) is 0 Å². The monoisotopic (exact) mass is 486 g/mol. The summed E-state index contributed by atoms with van der Waals surface area (Å²) in [6.07, 6.45) is 0. The maximum atomic E-state index is 13.5. The molecule has 0 spiro atoms. The predicted octanol–water partition coefficient (Wildman–Crippen LogP) is 6.62. The van der Waals surface area contributed by atoms with Crippen molar-refractivity contribution in [3.05, 3.63) is 86.4 Å². The van der Waals surface area contributed by atoms with Crippen molar-refractivity contribution in [2.75, 3.05) is 5.32 Å². The molecule has 2 aromatic heterocycles. The van der Waals surface area contributed by atoms with Crippen LogP contribution in [0, 0.1) is 32.4 Å². The van der Waals surface area contributed by atoms with E-state index in [4.69, 9.17) is 16.3 Å². The molecule has 0 bridgehead atoms. The molecular weight excluding hydrogens is 470 g/mol. The second-order valence-corrected chi connectivity index (χ2v) is 8.79. The summed E-state index contributed by atoms with van der Waals surface area (Å²) in [4.78, 5) is 30.0. The Morgan fingerprint density at radius 3 is 2.36 bits per heavy atom. The number of fused-ring (bicyclic) bond motifs is 1. The molecule has 0 aliphatic heterocycles. The average molecular weight is 487 g/mol. The number of anilines is 1. The molecule has 0 aliphatic carbocycles. The van der Waals surface area contributed by atoms with E-state index >= 15 is 0 Å². The highest BCUT2D eigenvalue weighted by molar-refractivity contribution is 7.21. The van der Waals surface area contributed by atoms with Crippen LogP contribution < -0.4 is 10.1 Å². The van der Waals surface area contributed by atoms with Gasteiger partial charge in [-0.25, -0.2) is 18.6 Å². The fraction of sp³-hybridized carbons (Fsp3) is 0.125. The van der Waals surface area contributed by atoms with Gasteiger partial charge >= 0.3 is 5.97 Å². The molecule has 0 atom stereocenters. The third-order valence-corrected chi connectivity index (χ3v) is 6.83. The van der Waals surface area contributed by atoms with Crippen LogP contribution in [0.15, 0.2) is 42.5 Å². The number of halogens is 3. The highest BCUT2D eigenvalue weighted by atomic mass is 35.5. The molecule has 0 radical (unpaired) electrons. The van der Waals surface area contributed by atoms with Crippen molar-refractivity contribution in [2.45, 2.75) is 20.8 Å². The van der Waals surface area contributed by atoms with Gasteiger partial charge in [0.25, 0.3) is 5.91 Å². The van der Waals surface area contributed by atoms with Crippen molar-refractivity contribution in [3.8, 4) is 5.75 Å². The van der Waals surface area contributed by atoms with Crippen LogP contribution in [-0.2, 0) is 0 Å². The van der Waals surface area contributed by atoms with Crippen molar-refractivity contribution in [1.82, 2.24) is 4.98 Å². The molecule has 2 aromatic carbocycles. The quantitative estimate of drug-likeness (QED) is 0.329. The molecule has 5 nitrogen and oxygen atoms in total. The summed E-state index contributed by atoms with van der Waals surface area (Å²) in [6, 6.07) is 9.15. The van der Waals surface area contributed by atoms with E-state index in [2.05, 4.69) is 10.3 Å². The SMILES string of the molecule is Cc1nc(NC(=O)c2sc3cc(F)ccc3c2Cl)c(C)c(C)c1OC(=O)c1ccc(F)cc1. The fourth-order valence-electron chi connectivity index (χ4n) is 3.28. The largest absolute Gasteiger partial charge is 0.421 e. The number of pyridine rings is 1. The first-order valence-electron chi connectivity index (χ1n) is 9.80.